The third-order valence-corrected chi connectivity index (χ3v) is 4.65. The van der Waals surface area contributed by atoms with Crippen molar-refractivity contribution in [3.63, 3.8) is 0 Å². The Balaban J connectivity index is 1.82. The first-order valence-electron chi connectivity index (χ1n) is 9.77. The van der Waals surface area contributed by atoms with Gasteiger partial charge in [-0.3, -0.25) is 9.59 Å². The zero-order valence-corrected chi connectivity index (χ0v) is 16.6. The molecule has 30 heavy (non-hydrogen) atoms. The predicted molar refractivity (Wildman–Crippen MR) is 116 cm³/mol. The summed E-state index contributed by atoms with van der Waals surface area (Å²) >= 11 is 0. The Kier molecular flexibility index (Phi) is 7.29. The summed E-state index contributed by atoms with van der Waals surface area (Å²) < 4.78 is 13.6. The van der Waals surface area contributed by atoms with Crippen LogP contribution in [0.25, 0.3) is 0 Å². The molecule has 3 aromatic rings. The van der Waals surface area contributed by atoms with Crippen molar-refractivity contribution in [2.45, 2.75) is 13.0 Å². The highest BCUT2D eigenvalue weighted by Gasteiger charge is 2.18. The van der Waals surface area contributed by atoms with Crippen molar-refractivity contribution in [3.8, 4) is 0 Å². The molecule has 0 saturated heterocycles. The van der Waals surface area contributed by atoms with Crippen LogP contribution in [0.4, 0.5) is 10.1 Å². The van der Waals surface area contributed by atoms with E-state index >= 15 is 0 Å². The van der Waals surface area contributed by atoms with Crippen LogP contribution in [-0.4, -0.2) is 29.8 Å². The minimum absolute atomic E-state index is 0.229. The van der Waals surface area contributed by atoms with E-state index < -0.39 is 5.82 Å². The van der Waals surface area contributed by atoms with E-state index in [4.69, 9.17) is 5.73 Å². The molecule has 0 aliphatic rings. The van der Waals surface area contributed by atoms with Crippen LogP contribution in [0.1, 0.15) is 32.7 Å². The Morgan fingerprint density at radius 3 is 2.33 bits per heavy atom. The van der Waals surface area contributed by atoms with Crippen molar-refractivity contribution >= 4 is 17.5 Å². The van der Waals surface area contributed by atoms with E-state index in [1.165, 1.54) is 18.2 Å². The fourth-order valence-electron chi connectivity index (χ4n) is 3.11. The maximum Gasteiger partial charge on any atom is 0.255 e. The highest BCUT2D eigenvalue weighted by molar-refractivity contribution is 6.04. The summed E-state index contributed by atoms with van der Waals surface area (Å²) in [6.07, 6.45) is 0.611. The van der Waals surface area contributed by atoms with Crippen LogP contribution < -0.4 is 11.1 Å². The molecule has 0 atom stereocenters. The molecule has 5 nitrogen and oxygen atoms in total. The second-order valence-corrected chi connectivity index (χ2v) is 6.86. The standard InChI is InChI=1S/C24H24FN3O2/c25-21-12-6-11-19(16-21)24(30)28(15-7-14-26)17-20-10-4-5-13-22(20)27-23(29)18-8-2-1-3-9-18/h1-6,8-13,16H,7,14-15,17,26H2,(H,27,29). The fourth-order valence-corrected chi connectivity index (χ4v) is 3.11. The summed E-state index contributed by atoms with van der Waals surface area (Å²) in [5, 5.41) is 2.91. The zero-order valence-electron chi connectivity index (χ0n) is 16.6. The predicted octanol–water partition coefficient (Wildman–Crippen LogP) is 4.07. The molecule has 6 heteroatoms. The Morgan fingerprint density at radius 2 is 1.60 bits per heavy atom. The quantitative estimate of drug-likeness (QED) is 0.593. The molecule has 0 fully saturated rings. The van der Waals surface area contributed by atoms with Gasteiger partial charge in [-0.05, 0) is 54.9 Å². The lowest BCUT2D eigenvalue weighted by Gasteiger charge is -2.24. The highest BCUT2D eigenvalue weighted by atomic mass is 19.1. The molecule has 2 amide bonds. The molecule has 0 saturated carbocycles. The molecule has 3 rings (SSSR count). The largest absolute Gasteiger partial charge is 0.334 e. The average molecular weight is 405 g/mol. The van der Waals surface area contributed by atoms with Gasteiger partial charge in [0.15, 0.2) is 0 Å². The van der Waals surface area contributed by atoms with Gasteiger partial charge in [0.05, 0.1) is 0 Å². The number of benzene rings is 3. The summed E-state index contributed by atoms with van der Waals surface area (Å²) in [6, 6.07) is 21.9. The first-order valence-corrected chi connectivity index (χ1v) is 9.77. The van der Waals surface area contributed by atoms with Gasteiger partial charge in [-0.15, -0.1) is 0 Å². The van der Waals surface area contributed by atoms with Crippen molar-refractivity contribution in [2.24, 2.45) is 5.73 Å². The van der Waals surface area contributed by atoms with Crippen LogP contribution in [0.15, 0.2) is 78.9 Å². The van der Waals surface area contributed by atoms with Crippen LogP contribution in [0.3, 0.4) is 0 Å². The van der Waals surface area contributed by atoms with E-state index in [1.54, 1.807) is 41.3 Å². The number of rotatable bonds is 8. The van der Waals surface area contributed by atoms with Crippen molar-refractivity contribution in [1.29, 1.82) is 0 Å². The van der Waals surface area contributed by atoms with Crippen molar-refractivity contribution in [3.05, 3.63) is 101 Å². The first kappa shape index (κ1) is 21.2. The molecular formula is C24H24FN3O2. The first-order chi connectivity index (χ1) is 14.6. The normalized spacial score (nSPS) is 10.5. The Labute approximate surface area is 175 Å². The van der Waals surface area contributed by atoms with Crippen molar-refractivity contribution in [2.75, 3.05) is 18.4 Å². The van der Waals surface area contributed by atoms with E-state index in [1.807, 2.05) is 24.3 Å². The smallest absolute Gasteiger partial charge is 0.255 e. The summed E-state index contributed by atoms with van der Waals surface area (Å²) in [6.45, 7) is 1.12. The molecule has 3 aromatic carbocycles. The SMILES string of the molecule is NCCCN(Cc1ccccc1NC(=O)c1ccccc1)C(=O)c1cccc(F)c1. The van der Waals surface area contributed by atoms with Crippen molar-refractivity contribution < 1.29 is 14.0 Å². The Bertz CT molecular complexity index is 1010. The van der Waals surface area contributed by atoms with Crippen molar-refractivity contribution in [1.82, 2.24) is 4.90 Å². The number of nitrogens with zero attached hydrogens (tertiary/aromatic N) is 1. The number of hydrogen-bond acceptors (Lipinski definition) is 3. The van der Waals surface area contributed by atoms with Gasteiger partial charge >= 0.3 is 0 Å². The number of amides is 2. The number of halogens is 1. The van der Waals surface area contributed by atoms with Gasteiger partial charge in [-0.2, -0.15) is 0 Å². The number of hydrogen-bond donors (Lipinski definition) is 2. The minimum atomic E-state index is -0.463. The van der Waals surface area contributed by atoms with E-state index in [-0.39, 0.29) is 23.9 Å². The number of nitrogens with one attached hydrogen (secondary N) is 1. The van der Waals surface area contributed by atoms with Gasteiger partial charge in [0.1, 0.15) is 5.82 Å². The van der Waals surface area contributed by atoms with E-state index in [2.05, 4.69) is 5.32 Å². The van der Waals surface area contributed by atoms with Crippen LogP contribution in [-0.2, 0) is 6.54 Å². The topological polar surface area (TPSA) is 75.4 Å². The molecule has 0 radical (unpaired) electrons. The molecule has 154 valence electrons. The van der Waals surface area contributed by atoms with Crippen LogP contribution >= 0.6 is 0 Å². The monoisotopic (exact) mass is 405 g/mol. The molecule has 0 unspecified atom stereocenters. The second-order valence-electron chi connectivity index (χ2n) is 6.86. The lowest BCUT2D eigenvalue weighted by atomic mass is 10.1. The molecule has 0 spiro atoms. The van der Waals surface area contributed by atoms with Gasteiger partial charge < -0.3 is 16.0 Å². The lowest BCUT2D eigenvalue weighted by Crippen LogP contribution is -2.33. The molecule has 0 aromatic heterocycles. The van der Waals surface area contributed by atoms with E-state index in [9.17, 15) is 14.0 Å². The van der Waals surface area contributed by atoms with E-state index in [0.29, 0.717) is 30.8 Å². The van der Waals surface area contributed by atoms with Gasteiger partial charge in [-0.25, -0.2) is 4.39 Å². The fraction of sp³-hybridized carbons (Fsp3) is 0.167. The van der Waals surface area contributed by atoms with Gasteiger partial charge in [0, 0.05) is 29.9 Å². The van der Waals surface area contributed by atoms with Crippen LogP contribution in [0.5, 0.6) is 0 Å². The molecular weight excluding hydrogens is 381 g/mol. The lowest BCUT2D eigenvalue weighted by molar-refractivity contribution is 0.0742. The summed E-state index contributed by atoms with van der Waals surface area (Å²) in [5.74, 6) is -0.977. The summed E-state index contributed by atoms with van der Waals surface area (Å²) in [5.41, 5.74) is 7.86. The Hall–Kier alpha value is -3.51. The number of carbonyl (C=O) groups is 2. The molecule has 0 bridgehead atoms. The number of carbonyl (C=O) groups excluding carboxylic acids is 2. The maximum atomic E-state index is 13.6. The summed E-state index contributed by atoms with van der Waals surface area (Å²) in [7, 11) is 0. The maximum absolute atomic E-state index is 13.6. The summed E-state index contributed by atoms with van der Waals surface area (Å²) in [4.78, 5) is 27.2. The molecule has 3 N–H and O–H groups in total. The number of anilines is 1. The van der Waals surface area contributed by atoms with Crippen LogP contribution in [0, 0.1) is 5.82 Å². The third kappa shape index (κ3) is 5.52. The number of para-hydroxylation sites is 1. The third-order valence-electron chi connectivity index (χ3n) is 4.65. The zero-order chi connectivity index (χ0) is 21.3. The number of nitrogens with two attached hydrogens (primary N) is 1. The van der Waals surface area contributed by atoms with Crippen LogP contribution in [0.2, 0.25) is 0 Å². The molecule has 0 heterocycles. The molecule has 0 aliphatic carbocycles. The van der Waals surface area contributed by atoms with Gasteiger partial charge in [0.2, 0.25) is 0 Å². The highest BCUT2D eigenvalue weighted by Crippen LogP contribution is 2.20. The Morgan fingerprint density at radius 1 is 0.900 bits per heavy atom. The minimum Gasteiger partial charge on any atom is -0.334 e. The van der Waals surface area contributed by atoms with Gasteiger partial charge in [0.25, 0.3) is 11.8 Å². The van der Waals surface area contributed by atoms with Gasteiger partial charge in [-0.1, -0.05) is 42.5 Å². The second kappa shape index (κ2) is 10.3. The van der Waals surface area contributed by atoms with E-state index in [0.717, 1.165) is 5.56 Å². The average Bonchev–Trinajstić information content (AvgIpc) is 2.77. The molecule has 0 aliphatic heterocycles.